The molecule has 2 rings (SSSR count). The Morgan fingerprint density at radius 3 is 2.68 bits per heavy atom. The van der Waals surface area contributed by atoms with Crippen LogP contribution in [0.4, 0.5) is 5.69 Å². The van der Waals surface area contributed by atoms with Gasteiger partial charge < -0.3 is 15.4 Å². The Morgan fingerprint density at radius 1 is 1.32 bits per heavy atom. The second kappa shape index (κ2) is 6.68. The molecule has 1 amide bonds. The van der Waals surface area contributed by atoms with Crippen molar-refractivity contribution in [2.24, 2.45) is 0 Å². The summed E-state index contributed by atoms with van der Waals surface area (Å²) in [5.74, 6) is 0.00437. The molecule has 4 nitrogen and oxygen atoms in total. The highest BCUT2D eigenvalue weighted by atomic mass is 16.5. The Bertz CT molecular complexity index is 417. The number of carbonyl (C=O) groups is 1. The third-order valence-electron chi connectivity index (χ3n) is 3.60. The van der Waals surface area contributed by atoms with E-state index in [2.05, 4.69) is 10.6 Å². The number of hydrogen-bond donors (Lipinski definition) is 2. The van der Waals surface area contributed by atoms with Crippen LogP contribution in [0.1, 0.15) is 24.8 Å². The van der Waals surface area contributed by atoms with Gasteiger partial charge >= 0.3 is 0 Å². The molecule has 1 aliphatic rings. The van der Waals surface area contributed by atoms with Crippen molar-refractivity contribution in [3.8, 4) is 0 Å². The average Bonchev–Trinajstić information content (AvgIpc) is 2.87. The van der Waals surface area contributed by atoms with Gasteiger partial charge in [0.25, 0.3) is 0 Å². The molecular formula is C15H22N2O2. The van der Waals surface area contributed by atoms with Gasteiger partial charge in [0, 0.05) is 18.8 Å². The molecule has 1 aliphatic carbocycles. The summed E-state index contributed by atoms with van der Waals surface area (Å²) in [6.07, 6.45) is 3.50. The summed E-state index contributed by atoms with van der Waals surface area (Å²) in [6.45, 7) is 2.38. The van der Waals surface area contributed by atoms with Crippen LogP contribution in [0.3, 0.4) is 0 Å². The number of amides is 1. The van der Waals surface area contributed by atoms with Gasteiger partial charge in [0.15, 0.2) is 0 Å². The molecule has 2 atom stereocenters. The van der Waals surface area contributed by atoms with Crippen LogP contribution in [0.5, 0.6) is 0 Å². The van der Waals surface area contributed by atoms with Crippen molar-refractivity contribution >= 4 is 11.6 Å². The summed E-state index contributed by atoms with van der Waals surface area (Å²) in [5.41, 5.74) is 2.03. The van der Waals surface area contributed by atoms with E-state index in [-0.39, 0.29) is 5.91 Å². The predicted molar refractivity (Wildman–Crippen MR) is 76.2 cm³/mol. The van der Waals surface area contributed by atoms with Gasteiger partial charge in [-0.2, -0.15) is 0 Å². The van der Waals surface area contributed by atoms with E-state index in [1.165, 1.54) is 5.56 Å². The van der Waals surface area contributed by atoms with Crippen LogP contribution in [0.25, 0.3) is 0 Å². The zero-order valence-corrected chi connectivity index (χ0v) is 11.6. The van der Waals surface area contributed by atoms with Gasteiger partial charge in [0.1, 0.15) is 0 Å². The van der Waals surface area contributed by atoms with Crippen LogP contribution >= 0.6 is 0 Å². The number of hydrogen-bond acceptors (Lipinski definition) is 3. The van der Waals surface area contributed by atoms with Gasteiger partial charge in [-0.25, -0.2) is 0 Å². The summed E-state index contributed by atoms with van der Waals surface area (Å²) in [6, 6.07) is 8.22. The zero-order chi connectivity index (χ0) is 13.7. The lowest BCUT2D eigenvalue weighted by atomic mass is 10.2. The molecular weight excluding hydrogens is 240 g/mol. The fourth-order valence-corrected chi connectivity index (χ4v) is 2.42. The van der Waals surface area contributed by atoms with Gasteiger partial charge in [-0.05, 0) is 38.3 Å². The Kier molecular flexibility index (Phi) is 4.93. The molecule has 1 saturated carbocycles. The Labute approximate surface area is 114 Å². The first-order valence-corrected chi connectivity index (χ1v) is 6.80. The standard InChI is InChI=1S/C15H22N2O2/c1-11-3-5-12(6-4-11)17-15(18)10-16-13-7-8-14(9-13)19-2/h3-6,13-14,16H,7-10H2,1-2H3,(H,17,18). The fraction of sp³-hybridized carbons (Fsp3) is 0.533. The van der Waals surface area contributed by atoms with Crippen molar-refractivity contribution in [2.45, 2.75) is 38.3 Å². The molecule has 0 aliphatic heterocycles. The maximum atomic E-state index is 11.8. The summed E-state index contributed by atoms with van der Waals surface area (Å²) < 4.78 is 5.31. The molecule has 0 bridgehead atoms. The number of ether oxygens (including phenoxy) is 1. The Morgan fingerprint density at radius 2 is 2.05 bits per heavy atom. The molecule has 2 N–H and O–H groups in total. The molecule has 1 aromatic carbocycles. The lowest BCUT2D eigenvalue weighted by Crippen LogP contribution is -2.35. The first-order valence-electron chi connectivity index (χ1n) is 6.80. The van der Waals surface area contributed by atoms with Crippen LogP contribution in [0.2, 0.25) is 0 Å². The molecule has 1 fully saturated rings. The van der Waals surface area contributed by atoms with Crippen molar-refractivity contribution in [1.29, 1.82) is 0 Å². The molecule has 19 heavy (non-hydrogen) atoms. The first kappa shape index (κ1) is 14.0. The van der Waals surface area contributed by atoms with Gasteiger partial charge in [-0.3, -0.25) is 4.79 Å². The van der Waals surface area contributed by atoms with Gasteiger partial charge in [0.2, 0.25) is 5.91 Å². The number of carbonyl (C=O) groups excluding carboxylic acids is 1. The summed E-state index contributed by atoms with van der Waals surface area (Å²) >= 11 is 0. The summed E-state index contributed by atoms with van der Waals surface area (Å²) in [7, 11) is 1.75. The topological polar surface area (TPSA) is 50.4 Å². The average molecular weight is 262 g/mol. The first-order chi connectivity index (χ1) is 9.17. The van der Waals surface area contributed by atoms with Gasteiger partial charge in [-0.15, -0.1) is 0 Å². The Balaban J connectivity index is 1.71. The third kappa shape index (κ3) is 4.33. The van der Waals surface area contributed by atoms with Crippen molar-refractivity contribution in [2.75, 3.05) is 19.0 Å². The third-order valence-corrected chi connectivity index (χ3v) is 3.60. The highest BCUT2D eigenvalue weighted by molar-refractivity contribution is 5.92. The molecule has 0 heterocycles. The maximum absolute atomic E-state index is 11.8. The lowest BCUT2D eigenvalue weighted by Gasteiger charge is -2.12. The largest absolute Gasteiger partial charge is 0.381 e. The minimum atomic E-state index is 0.00437. The molecule has 2 unspecified atom stereocenters. The van der Waals surface area contributed by atoms with Gasteiger partial charge in [-0.1, -0.05) is 17.7 Å². The fourth-order valence-electron chi connectivity index (χ4n) is 2.42. The van der Waals surface area contributed by atoms with Crippen LogP contribution < -0.4 is 10.6 Å². The van der Waals surface area contributed by atoms with Crippen LogP contribution in [0, 0.1) is 6.92 Å². The van der Waals surface area contributed by atoms with E-state index in [0.717, 1.165) is 24.9 Å². The molecule has 0 aromatic heterocycles. The van der Waals surface area contributed by atoms with E-state index in [4.69, 9.17) is 4.74 Å². The van der Waals surface area contributed by atoms with E-state index in [0.29, 0.717) is 18.7 Å². The number of nitrogens with one attached hydrogen (secondary N) is 2. The van der Waals surface area contributed by atoms with Crippen LogP contribution in [0.15, 0.2) is 24.3 Å². The van der Waals surface area contributed by atoms with Crippen LogP contribution in [-0.4, -0.2) is 31.7 Å². The molecule has 0 saturated heterocycles. The van der Waals surface area contributed by atoms with Gasteiger partial charge in [0.05, 0.1) is 12.6 Å². The van der Waals surface area contributed by atoms with Crippen LogP contribution in [-0.2, 0) is 9.53 Å². The van der Waals surface area contributed by atoms with E-state index in [1.807, 2.05) is 31.2 Å². The quantitative estimate of drug-likeness (QED) is 0.854. The van der Waals surface area contributed by atoms with Crippen molar-refractivity contribution in [3.63, 3.8) is 0 Å². The number of anilines is 1. The number of aryl methyl sites for hydroxylation is 1. The second-order valence-electron chi connectivity index (χ2n) is 5.16. The normalized spacial score (nSPS) is 22.4. The highest BCUT2D eigenvalue weighted by Gasteiger charge is 2.24. The SMILES string of the molecule is COC1CCC(NCC(=O)Nc2ccc(C)cc2)C1. The number of methoxy groups -OCH3 is 1. The summed E-state index contributed by atoms with van der Waals surface area (Å²) in [5, 5.41) is 6.17. The smallest absolute Gasteiger partial charge is 0.238 e. The van der Waals surface area contributed by atoms with E-state index in [9.17, 15) is 4.79 Å². The highest BCUT2D eigenvalue weighted by Crippen LogP contribution is 2.21. The molecule has 0 radical (unpaired) electrons. The molecule has 0 spiro atoms. The monoisotopic (exact) mass is 262 g/mol. The molecule has 104 valence electrons. The Hall–Kier alpha value is -1.39. The minimum Gasteiger partial charge on any atom is -0.381 e. The summed E-state index contributed by atoms with van der Waals surface area (Å²) in [4.78, 5) is 11.8. The zero-order valence-electron chi connectivity index (χ0n) is 11.6. The number of rotatable bonds is 5. The minimum absolute atomic E-state index is 0.00437. The van der Waals surface area contributed by atoms with Crippen molar-refractivity contribution in [3.05, 3.63) is 29.8 Å². The van der Waals surface area contributed by atoms with Crippen molar-refractivity contribution in [1.82, 2.24) is 5.32 Å². The predicted octanol–water partition coefficient (Wildman–Crippen LogP) is 2.09. The van der Waals surface area contributed by atoms with Crippen molar-refractivity contribution < 1.29 is 9.53 Å². The molecule has 1 aromatic rings. The molecule has 4 heteroatoms. The van der Waals surface area contributed by atoms with E-state index >= 15 is 0 Å². The maximum Gasteiger partial charge on any atom is 0.238 e. The second-order valence-corrected chi connectivity index (χ2v) is 5.16. The van der Waals surface area contributed by atoms with E-state index < -0.39 is 0 Å². The number of benzene rings is 1. The lowest BCUT2D eigenvalue weighted by molar-refractivity contribution is -0.115. The van der Waals surface area contributed by atoms with E-state index in [1.54, 1.807) is 7.11 Å².